The number of fused-ring (bicyclic) bond motifs is 1. The van der Waals surface area contributed by atoms with Crippen molar-refractivity contribution in [2.24, 2.45) is 0 Å². The lowest BCUT2D eigenvalue weighted by Gasteiger charge is -2.06. The van der Waals surface area contributed by atoms with Crippen molar-refractivity contribution < 1.29 is 13.6 Å². The highest BCUT2D eigenvalue weighted by atomic mass is 35.5. The van der Waals surface area contributed by atoms with E-state index in [1.165, 1.54) is 11.6 Å². The maximum Gasteiger partial charge on any atom is 0.248 e. The Hall–Kier alpha value is -3.31. The molecule has 0 atom stereocenters. The van der Waals surface area contributed by atoms with Gasteiger partial charge in [-0.2, -0.15) is 0 Å². The Bertz CT molecular complexity index is 1190. The maximum absolute atomic E-state index is 12.2. The Balaban J connectivity index is 1.59. The third-order valence-corrected chi connectivity index (χ3v) is 4.82. The minimum Gasteiger partial charge on any atom is -0.465 e. The molecule has 0 aliphatic carbocycles. The van der Waals surface area contributed by atoms with E-state index in [4.69, 9.17) is 20.4 Å². The average molecular weight is 407 g/mol. The monoisotopic (exact) mass is 406 g/mol. The quantitative estimate of drug-likeness (QED) is 0.383. The van der Waals surface area contributed by atoms with Crippen LogP contribution in [0.5, 0.6) is 0 Å². The number of amides is 1. The molecule has 0 aliphatic heterocycles. The van der Waals surface area contributed by atoms with E-state index in [0.29, 0.717) is 33.9 Å². The van der Waals surface area contributed by atoms with Crippen molar-refractivity contribution in [2.45, 2.75) is 19.8 Å². The number of benzene rings is 2. The molecule has 2 heterocycles. The number of carbonyl (C=O) groups excluding carboxylic acids is 1. The molecule has 0 saturated carbocycles. The van der Waals surface area contributed by atoms with Gasteiger partial charge < -0.3 is 14.2 Å². The van der Waals surface area contributed by atoms with Gasteiger partial charge in [0.05, 0.1) is 17.0 Å². The number of rotatable bonds is 5. The Kier molecular flexibility index (Phi) is 5.23. The van der Waals surface area contributed by atoms with Crippen LogP contribution < -0.4 is 5.32 Å². The number of aromatic nitrogens is 1. The summed E-state index contributed by atoms with van der Waals surface area (Å²) in [5.74, 6) is 1.15. The fourth-order valence-corrected chi connectivity index (χ4v) is 3.06. The van der Waals surface area contributed by atoms with E-state index in [0.717, 1.165) is 11.1 Å². The third-order valence-electron chi connectivity index (χ3n) is 4.49. The summed E-state index contributed by atoms with van der Waals surface area (Å²) in [5, 5.41) is 3.19. The lowest BCUT2D eigenvalue weighted by molar-refractivity contribution is -0.111. The molecule has 1 N–H and O–H groups in total. The molecule has 5 nitrogen and oxygen atoms in total. The second-order valence-electron chi connectivity index (χ2n) is 6.93. The molecule has 0 fully saturated rings. The molecular weight excluding hydrogens is 388 g/mol. The smallest absolute Gasteiger partial charge is 0.248 e. The predicted molar refractivity (Wildman–Crippen MR) is 115 cm³/mol. The number of halogens is 1. The normalized spacial score (nSPS) is 11.6. The van der Waals surface area contributed by atoms with Gasteiger partial charge in [0.15, 0.2) is 5.58 Å². The summed E-state index contributed by atoms with van der Waals surface area (Å²) in [4.78, 5) is 16.8. The van der Waals surface area contributed by atoms with E-state index in [-0.39, 0.29) is 5.91 Å². The van der Waals surface area contributed by atoms with Crippen LogP contribution in [0.1, 0.15) is 31.1 Å². The van der Waals surface area contributed by atoms with Crippen molar-refractivity contribution in [3.8, 4) is 11.5 Å². The second-order valence-corrected chi connectivity index (χ2v) is 7.34. The first-order valence-electron chi connectivity index (χ1n) is 9.22. The van der Waals surface area contributed by atoms with E-state index >= 15 is 0 Å². The van der Waals surface area contributed by atoms with Crippen LogP contribution in [-0.4, -0.2) is 10.9 Å². The molecular formula is C23H19ClN2O3. The number of nitrogens with zero attached hydrogens (tertiary/aromatic N) is 1. The van der Waals surface area contributed by atoms with E-state index in [1.807, 2.05) is 24.3 Å². The molecule has 4 rings (SSSR count). The van der Waals surface area contributed by atoms with Crippen LogP contribution in [-0.2, 0) is 4.79 Å². The molecule has 6 heteroatoms. The Labute approximate surface area is 173 Å². The number of anilines is 1. The average Bonchev–Trinajstić information content (AvgIpc) is 3.37. The largest absolute Gasteiger partial charge is 0.465 e. The number of oxazole rings is 1. The summed E-state index contributed by atoms with van der Waals surface area (Å²) in [7, 11) is 0. The Morgan fingerprint density at radius 1 is 1.17 bits per heavy atom. The van der Waals surface area contributed by atoms with Crippen LogP contribution in [0.4, 0.5) is 5.69 Å². The maximum atomic E-state index is 12.2. The summed E-state index contributed by atoms with van der Waals surface area (Å²) in [5.41, 5.74) is 3.91. The minimum absolute atomic E-state index is 0.320. The van der Waals surface area contributed by atoms with Gasteiger partial charge in [0.1, 0.15) is 11.3 Å². The first-order valence-corrected chi connectivity index (χ1v) is 9.60. The van der Waals surface area contributed by atoms with Crippen LogP contribution in [0.15, 0.2) is 69.7 Å². The van der Waals surface area contributed by atoms with Crippen LogP contribution in [0.3, 0.4) is 0 Å². The molecule has 2 aromatic heterocycles. The zero-order chi connectivity index (χ0) is 20.4. The molecule has 0 radical (unpaired) electrons. The van der Waals surface area contributed by atoms with Crippen LogP contribution >= 0.6 is 11.6 Å². The number of hydrogen-bond donors (Lipinski definition) is 1. The third kappa shape index (κ3) is 4.25. The minimum atomic E-state index is -0.320. The Morgan fingerprint density at radius 3 is 2.79 bits per heavy atom. The van der Waals surface area contributed by atoms with Gasteiger partial charge in [-0.15, -0.1) is 0 Å². The zero-order valence-corrected chi connectivity index (χ0v) is 16.7. The standard InChI is InChI=1S/C23H19ClN2O3/c1-14(2)15-6-9-21-20(12-15)26-23(29-21)16-5-8-18(24)19(13-16)25-22(27)10-7-17-4-3-11-28-17/h3-14H,1-2H3,(H,25,27). The summed E-state index contributed by atoms with van der Waals surface area (Å²) < 4.78 is 11.1. The van der Waals surface area contributed by atoms with Gasteiger partial charge in [0.25, 0.3) is 0 Å². The number of nitrogens with one attached hydrogen (secondary N) is 1. The summed E-state index contributed by atoms with van der Waals surface area (Å²) in [6, 6.07) is 14.8. The summed E-state index contributed by atoms with van der Waals surface area (Å²) in [6.07, 6.45) is 4.51. The fourth-order valence-electron chi connectivity index (χ4n) is 2.90. The topological polar surface area (TPSA) is 68.3 Å². The lowest BCUT2D eigenvalue weighted by Crippen LogP contribution is -2.08. The van der Waals surface area contributed by atoms with Crippen LogP contribution in [0, 0.1) is 0 Å². The Morgan fingerprint density at radius 2 is 2.03 bits per heavy atom. The molecule has 0 bridgehead atoms. The summed E-state index contributed by atoms with van der Waals surface area (Å²) >= 11 is 6.25. The van der Waals surface area contributed by atoms with E-state index in [9.17, 15) is 4.79 Å². The molecule has 2 aromatic carbocycles. The lowest BCUT2D eigenvalue weighted by atomic mass is 10.0. The number of furan rings is 1. The zero-order valence-electron chi connectivity index (χ0n) is 16.0. The van der Waals surface area contributed by atoms with Crippen molar-refractivity contribution in [3.63, 3.8) is 0 Å². The molecule has 0 aliphatic rings. The van der Waals surface area contributed by atoms with Crippen molar-refractivity contribution in [2.75, 3.05) is 5.32 Å². The molecule has 1 amide bonds. The second kappa shape index (κ2) is 7.97. The highest BCUT2D eigenvalue weighted by Gasteiger charge is 2.13. The first-order chi connectivity index (χ1) is 14.0. The number of carbonyl (C=O) groups is 1. The van der Waals surface area contributed by atoms with Crippen molar-refractivity contribution >= 4 is 40.4 Å². The van der Waals surface area contributed by atoms with Crippen molar-refractivity contribution in [1.82, 2.24) is 4.98 Å². The molecule has 0 spiro atoms. The van der Waals surface area contributed by atoms with Gasteiger partial charge in [-0.05, 0) is 60.0 Å². The van der Waals surface area contributed by atoms with E-state index in [1.54, 1.807) is 36.6 Å². The van der Waals surface area contributed by atoms with E-state index in [2.05, 4.69) is 24.1 Å². The molecule has 0 saturated heterocycles. The van der Waals surface area contributed by atoms with Crippen molar-refractivity contribution in [1.29, 1.82) is 0 Å². The van der Waals surface area contributed by atoms with Gasteiger partial charge >= 0.3 is 0 Å². The molecule has 29 heavy (non-hydrogen) atoms. The summed E-state index contributed by atoms with van der Waals surface area (Å²) in [6.45, 7) is 4.27. The SMILES string of the molecule is CC(C)c1ccc2oc(-c3ccc(Cl)c(NC(=O)C=Cc4ccco4)c3)nc2c1. The van der Waals surface area contributed by atoms with Gasteiger partial charge in [0, 0.05) is 11.6 Å². The van der Waals surface area contributed by atoms with Gasteiger partial charge in [-0.3, -0.25) is 4.79 Å². The predicted octanol–water partition coefficient (Wildman–Crippen LogP) is 6.52. The van der Waals surface area contributed by atoms with Crippen molar-refractivity contribution in [3.05, 3.63) is 77.2 Å². The van der Waals surface area contributed by atoms with Gasteiger partial charge in [-0.25, -0.2) is 4.98 Å². The molecule has 0 unspecified atom stereocenters. The fraction of sp³-hybridized carbons (Fsp3) is 0.130. The highest BCUT2D eigenvalue weighted by Crippen LogP contribution is 2.31. The molecule has 4 aromatic rings. The van der Waals surface area contributed by atoms with Gasteiger partial charge in [0.2, 0.25) is 11.8 Å². The van der Waals surface area contributed by atoms with E-state index < -0.39 is 0 Å². The van der Waals surface area contributed by atoms with Crippen LogP contribution in [0.25, 0.3) is 28.6 Å². The molecule has 146 valence electrons. The first kappa shape index (κ1) is 19.0. The highest BCUT2D eigenvalue weighted by molar-refractivity contribution is 6.34. The number of hydrogen-bond acceptors (Lipinski definition) is 4. The van der Waals surface area contributed by atoms with Gasteiger partial charge in [-0.1, -0.05) is 31.5 Å². The van der Waals surface area contributed by atoms with Crippen LogP contribution in [0.2, 0.25) is 5.02 Å².